The standard InChI is InChI=1S/C17H15ClN2O2/c1-20-10-13(12-5-3-4-6-15(12)20)17(21)19-11-7-8-16(22-2)14(18)9-11/h3-10H,1-2H3,(H,19,21). The molecule has 5 heteroatoms. The highest BCUT2D eigenvalue weighted by molar-refractivity contribution is 6.32. The average molecular weight is 315 g/mol. The van der Waals surface area contributed by atoms with Crippen LogP contribution < -0.4 is 10.1 Å². The predicted molar refractivity (Wildman–Crippen MR) is 88.9 cm³/mol. The third kappa shape index (κ3) is 2.53. The number of para-hydroxylation sites is 1. The molecule has 1 N–H and O–H groups in total. The smallest absolute Gasteiger partial charge is 0.257 e. The first-order valence-corrected chi connectivity index (χ1v) is 7.17. The number of carbonyl (C=O) groups is 1. The summed E-state index contributed by atoms with van der Waals surface area (Å²) in [6.45, 7) is 0. The first-order chi connectivity index (χ1) is 10.6. The summed E-state index contributed by atoms with van der Waals surface area (Å²) in [5.41, 5.74) is 2.27. The molecule has 0 aliphatic rings. The molecule has 0 saturated carbocycles. The molecule has 0 radical (unpaired) electrons. The van der Waals surface area contributed by atoms with Crippen molar-refractivity contribution >= 4 is 34.1 Å². The lowest BCUT2D eigenvalue weighted by Gasteiger charge is -2.07. The normalized spacial score (nSPS) is 10.7. The van der Waals surface area contributed by atoms with Gasteiger partial charge in [0.05, 0.1) is 17.7 Å². The van der Waals surface area contributed by atoms with Crippen molar-refractivity contribution in [3.05, 3.63) is 59.2 Å². The summed E-state index contributed by atoms with van der Waals surface area (Å²) < 4.78 is 7.04. The van der Waals surface area contributed by atoms with E-state index in [1.165, 1.54) is 0 Å². The minimum absolute atomic E-state index is 0.168. The van der Waals surface area contributed by atoms with Gasteiger partial charge in [-0.05, 0) is 24.3 Å². The van der Waals surface area contributed by atoms with Crippen LogP contribution in [0.15, 0.2) is 48.7 Å². The predicted octanol–water partition coefficient (Wildman–Crippen LogP) is 4.09. The Morgan fingerprint density at radius 1 is 1.23 bits per heavy atom. The molecule has 3 rings (SSSR count). The van der Waals surface area contributed by atoms with E-state index in [0.717, 1.165) is 10.9 Å². The number of rotatable bonds is 3. The maximum Gasteiger partial charge on any atom is 0.257 e. The van der Waals surface area contributed by atoms with Crippen LogP contribution in [0.3, 0.4) is 0 Å². The van der Waals surface area contributed by atoms with Crippen molar-refractivity contribution in [1.82, 2.24) is 4.57 Å². The summed E-state index contributed by atoms with van der Waals surface area (Å²) in [4.78, 5) is 12.5. The molecule has 0 aliphatic carbocycles. The van der Waals surface area contributed by atoms with Gasteiger partial charge in [-0.3, -0.25) is 4.79 Å². The van der Waals surface area contributed by atoms with E-state index >= 15 is 0 Å². The Labute approximate surface area is 133 Å². The highest BCUT2D eigenvalue weighted by atomic mass is 35.5. The molecule has 0 unspecified atom stereocenters. The van der Waals surface area contributed by atoms with E-state index in [2.05, 4.69) is 5.32 Å². The molecule has 4 nitrogen and oxygen atoms in total. The lowest BCUT2D eigenvalue weighted by molar-refractivity contribution is 0.102. The number of nitrogens with one attached hydrogen (secondary N) is 1. The van der Waals surface area contributed by atoms with E-state index in [1.54, 1.807) is 25.3 Å². The zero-order valence-electron chi connectivity index (χ0n) is 12.3. The minimum atomic E-state index is -0.168. The summed E-state index contributed by atoms with van der Waals surface area (Å²) in [7, 11) is 3.47. The van der Waals surface area contributed by atoms with Crippen LogP contribution in [0.1, 0.15) is 10.4 Å². The van der Waals surface area contributed by atoms with E-state index in [-0.39, 0.29) is 5.91 Å². The summed E-state index contributed by atoms with van der Waals surface area (Å²) in [5.74, 6) is 0.405. The van der Waals surface area contributed by atoms with Crippen molar-refractivity contribution in [3.63, 3.8) is 0 Å². The van der Waals surface area contributed by atoms with Gasteiger partial charge < -0.3 is 14.6 Å². The summed E-state index contributed by atoms with van der Waals surface area (Å²) in [6.07, 6.45) is 1.82. The Morgan fingerprint density at radius 3 is 2.73 bits per heavy atom. The number of carbonyl (C=O) groups excluding carboxylic acids is 1. The Hall–Kier alpha value is -2.46. The van der Waals surface area contributed by atoms with Crippen LogP contribution in [0.4, 0.5) is 5.69 Å². The number of amides is 1. The molecule has 0 saturated heterocycles. The van der Waals surface area contributed by atoms with Crippen molar-refractivity contribution in [1.29, 1.82) is 0 Å². The first-order valence-electron chi connectivity index (χ1n) is 6.79. The maximum absolute atomic E-state index is 12.5. The second-order valence-corrected chi connectivity index (χ2v) is 5.38. The van der Waals surface area contributed by atoms with E-state index in [9.17, 15) is 4.79 Å². The van der Waals surface area contributed by atoms with E-state index in [1.807, 2.05) is 42.1 Å². The fourth-order valence-electron chi connectivity index (χ4n) is 2.47. The molecule has 3 aromatic rings. The fourth-order valence-corrected chi connectivity index (χ4v) is 2.72. The number of methoxy groups -OCH3 is 1. The number of hydrogen-bond acceptors (Lipinski definition) is 2. The van der Waals surface area contributed by atoms with E-state index < -0.39 is 0 Å². The lowest BCUT2D eigenvalue weighted by atomic mass is 10.1. The molecule has 0 aliphatic heterocycles. The summed E-state index contributed by atoms with van der Waals surface area (Å²) in [6, 6.07) is 12.9. The van der Waals surface area contributed by atoms with Gasteiger partial charge in [-0.15, -0.1) is 0 Å². The number of halogens is 1. The van der Waals surface area contributed by atoms with Gasteiger partial charge in [-0.1, -0.05) is 29.8 Å². The van der Waals surface area contributed by atoms with Crippen molar-refractivity contribution < 1.29 is 9.53 Å². The SMILES string of the molecule is COc1ccc(NC(=O)c2cn(C)c3ccccc23)cc1Cl. The molecule has 112 valence electrons. The Morgan fingerprint density at radius 2 is 2.00 bits per heavy atom. The second kappa shape index (κ2) is 5.73. The highest BCUT2D eigenvalue weighted by Crippen LogP contribution is 2.28. The van der Waals surface area contributed by atoms with Gasteiger partial charge in [0.25, 0.3) is 5.91 Å². The van der Waals surface area contributed by atoms with Crippen molar-refractivity contribution in [2.24, 2.45) is 7.05 Å². The summed E-state index contributed by atoms with van der Waals surface area (Å²) in [5, 5.41) is 4.24. The number of ether oxygens (including phenoxy) is 1. The molecule has 0 bridgehead atoms. The number of aromatic nitrogens is 1. The minimum Gasteiger partial charge on any atom is -0.495 e. The van der Waals surface area contributed by atoms with Crippen molar-refractivity contribution in [3.8, 4) is 5.75 Å². The largest absolute Gasteiger partial charge is 0.495 e. The number of nitrogens with zero attached hydrogens (tertiary/aromatic N) is 1. The highest BCUT2D eigenvalue weighted by Gasteiger charge is 2.14. The molecule has 0 fully saturated rings. The van der Waals surface area contributed by atoms with Gasteiger partial charge in [0.2, 0.25) is 0 Å². The molecule has 1 heterocycles. The van der Waals surface area contributed by atoms with Gasteiger partial charge in [-0.2, -0.15) is 0 Å². The van der Waals surface area contributed by atoms with Crippen LogP contribution in [0.5, 0.6) is 5.75 Å². The zero-order chi connectivity index (χ0) is 15.7. The summed E-state index contributed by atoms with van der Waals surface area (Å²) >= 11 is 6.08. The third-order valence-electron chi connectivity index (χ3n) is 3.55. The topological polar surface area (TPSA) is 43.3 Å². The molecule has 0 spiro atoms. The monoisotopic (exact) mass is 314 g/mol. The Balaban J connectivity index is 1.92. The van der Waals surface area contributed by atoms with E-state index in [0.29, 0.717) is 22.0 Å². The van der Waals surface area contributed by atoms with Crippen LogP contribution in [-0.2, 0) is 7.05 Å². The number of anilines is 1. The van der Waals surface area contributed by atoms with Gasteiger partial charge in [-0.25, -0.2) is 0 Å². The zero-order valence-corrected chi connectivity index (χ0v) is 13.0. The van der Waals surface area contributed by atoms with E-state index in [4.69, 9.17) is 16.3 Å². The lowest BCUT2D eigenvalue weighted by Crippen LogP contribution is -2.11. The van der Waals surface area contributed by atoms with Crippen LogP contribution >= 0.6 is 11.6 Å². The first kappa shape index (κ1) is 14.5. The molecule has 1 aromatic heterocycles. The van der Waals surface area contributed by atoms with Crippen LogP contribution in [0.25, 0.3) is 10.9 Å². The number of hydrogen-bond donors (Lipinski definition) is 1. The van der Waals surface area contributed by atoms with Gasteiger partial charge in [0.15, 0.2) is 0 Å². The molecule has 2 aromatic carbocycles. The van der Waals surface area contributed by atoms with Gasteiger partial charge in [0.1, 0.15) is 5.75 Å². The molecule has 0 atom stereocenters. The third-order valence-corrected chi connectivity index (χ3v) is 3.85. The fraction of sp³-hybridized carbons (Fsp3) is 0.118. The van der Waals surface area contributed by atoms with Gasteiger partial charge in [0, 0.05) is 29.8 Å². The molecular formula is C17H15ClN2O2. The molecular weight excluding hydrogens is 300 g/mol. The molecule has 22 heavy (non-hydrogen) atoms. The van der Waals surface area contributed by atoms with Crippen molar-refractivity contribution in [2.45, 2.75) is 0 Å². The number of fused-ring (bicyclic) bond motifs is 1. The Bertz CT molecular complexity index is 855. The van der Waals surface area contributed by atoms with Crippen LogP contribution in [0, 0.1) is 0 Å². The quantitative estimate of drug-likeness (QED) is 0.791. The van der Waals surface area contributed by atoms with Gasteiger partial charge >= 0.3 is 0 Å². The number of aryl methyl sites for hydroxylation is 1. The Kier molecular flexibility index (Phi) is 3.77. The second-order valence-electron chi connectivity index (χ2n) is 4.97. The maximum atomic E-state index is 12.5. The molecule has 1 amide bonds. The van der Waals surface area contributed by atoms with Crippen LogP contribution in [0.2, 0.25) is 5.02 Å². The van der Waals surface area contributed by atoms with Crippen molar-refractivity contribution in [2.75, 3.05) is 12.4 Å². The number of benzene rings is 2. The van der Waals surface area contributed by atoms with Crippen LogP contribution in [-0.4, -0.2) is 17.6 Å². The average Bonchev–Trinajstić information content (AvgIpc) is 2.85.